The molecule has 0 spiro atoms. The summed E-state index contributed by atoms with van der Waals surface area (Å²) < 4.78 is 5.85. The molecule has 25 heavy (non-hydrogen) atoms. The van der Waals surface area contributed by atoms with Gasteiger partial charge in [0.15, 0.2) is 0 Å². The Hall–Kier alpha value is -2.19. The van der Waals surface area contributed by atoms with Gasteiger partial charge in [-0.3, -0.25) is 0 Å². The predicted octanol–water partition coefficient (Wildman–Crippen LogP) is 3.95. The lowest BCUT2D eigenvalue weighted by Gasteiger charge is -2.31. The van der Waals surface area contributed by atoms with Gasteiger partial charge in [0.05, 0.1) is 17.3 Å². The van der Waals surface area contributed by atoms with Gasteiger partial charge in [0, 0.05) is 18.0 Å². The summed E-state index contributed by atoms with van der Waals surface area (Å²) in [6, 6.07) is 7.91. The normalized spacial score (nSPS) is 17.6. The van der Waals surface area contributed by atoms with Crippen molar-refractivity contribution in [2.45, 2.75) is 25.3 Å². The molecule has 0 saturated carbocycles. The minimum absolute atomic E-state index is 0.0314. The molecular weight excluding hydrogens is 356 g/mol. The molecule has 8 heteroatoms. The van der Waals surface area contributed by atoms with Crippen LogP contribution in [-0.4, -0.2) is 34.2 Å². The van der Waals surface area contributed by atoms with E-state index in [2.05, 4.69) is 15.5 Å². The first-order chi connectivity index (χ1) is 12.3. The molecule has 3 aromatic rings. The van der Waals surface area contributed by atoms with Crippen molar-refractivity contribution < 1.29 is 9.21 Å². The summed E-state index contributed by atoms with van der Waals surface area (Å²) in [5.74, 6) is 1.28. The minimum Gasteiger partial charge on any atom is -0.420 e. The van der Waals surface area contributed by atoms with Crippen LogP contribution in [0.1, 0.15) is 29.5 Å². The average molecular weight is 374 g/mol. The number of nitrogens with zero attached hydrogens (tertiary/aromatic N) is 3. The van der Waals surface area contributed by atoms with Crippen LogP contribution in [0.4, 0.5) is 4.79 Å². The second-order valence-corrected chi connectivity index (χ2v) is 7.93. The van der Waals surface area contributed by atoms with Crippen LogP contribution in [0, 0.1) is 0 Å². The van der Waals surface area contributed by atoms with E-state index in [1.165, 1.54) is 0 Å². The van der Waals surface area contributed by atoms with Gasteiger partial charge in [0.25, 0.3) is 5.89 Å². The van der Waals surface area contributed by atoms with Crippen LogP contribution < -0.4 is 5.32 Å². The van der Waals surface area contributed by atoms with Gasteiger partial charge in [-0.05, 0) is 35.7 Å². The smallest absolute Gasteiger partial charge is 0.317 e. The zero-order valence-corrected chi connectivity index (χ0v) is 15.2. The Morgan fingerprint density at radius 2 is 2.16 bits per heavy atom. The van der Waals surface area contributed by atoms with E-state index in [9.17, 15) is 4.79 Å². The number of piperidine rings is 1. The number of urea groups is 1. The largest absolute Gasteiger partial charge is 0.420 e. The summed E-state index contributed by atoms with van der Waals surface area (Å²) in [5.41, 5.74) is 0. The molecule has 1 aliphatic heterocycles. The van der Waals surface area contributed by atoms with Gasteiger partial charge in [-0.15, -0.1) is 32.9 Å². The topological polar surface area (TPSA) is 71.3 Å². The second-order valence-electron chi connectivity index (χ2n) is 5.95. The standard InChI is InChI=1S/C17H18N4O2S2/c22-17(18-10-13-5-2-8-24-13)21-7-1-4-12(11-21)15-19-20-16(23-15)14-6-3-9-25-14/h2-3,5-6,8-9,12H,1,4,7,10-11H2,(H,18,22). The Kier molecular flexibility index (Phi) is 4.80. The number of rotatable bonds is 4. The zero-order chi connectivity index (χ0) is 17.1. The van der Waals surface area contributed by atoms with E-state index < -0.39 is 0 Å². The summed E-state index contributed by atoms with van der Waals surface area (Å²) in [5, 5.41) is 15.3. The first-order valence-electron chi connectivity index (χ1n) is 8.22. The van der Waals surface area contributed by atoms with Crippen LogP contribution in [0.25, 0.3) is 10.8 Å². The molecule has 6 nitrogen and oxygen atoms in total. The fourth-order valence-electron chi connectivity index (χ4n) is 2.95. The molecule has 0 bridgehead atoms. The number of likely N-dealkylation sites (tertiary alicyclic amines) is 1. The molecule has 0 aromatic carbocycles. The Bertz CT molecular complexity index is 814. The van der Waals surface area contributed by atoms with Gasteiger partial charge in [-0.1, -0.05) is 12.1 Å². The molecule has 2 amide bonds. The van der Waals surface area contributed by atoms with Crippen LogP contribution >= 0.6 is 22.7 Å². The fourth-order valence-corrected chi connectivity index (χ4v) is 4.24. The van der Waals surface area contributed by atoms with Gasteiger partial charge >= 0.3 is 6.03 Å². The lowest BCUT2D eigenvalue weighted by molar-refractivity contribution is 0.174. The zero-order valence-electron chi connectivity index (χ0n) is 13.6. The molecule has 4 heterocycles. The van der Waals surface area contributed by atoms with Gasteiger partial charge in [0.1, 0.15) is 0 Å². The van der Waals surface area contributed by atoms with Crippen molar-refractivity contribution >= 4 is 28.7 Å². The molecule has 1 fully saturated rings. The number of amides is 2. The van der Waals surface area contributed by atoms with E-state index in [-0.39, 0.29) is 11.9 Å². The van der Waals surface area contributed by atoms with Gasteiger partial charge < -0.3 is 14.6 Å². The fraction of sp³-hybridized carbons (Fsp3) is 0.353. The van der Waals surface area contributed by atoms with Crippen molar-refractivity contribution in [1.29, 1.82) is 0 Å². The molecule has 4 rings (SSSR count). The predicted molar refractivity (Wildman–Crippen MR) is 97.7 cm³/mol. The lowest BCUT2D eigenvalue weighted by Crippen LogP contribution is -2.44. The lowest BCUT2D eigenvalue weighted by atomic mass is 9.98. The quantitative estimate of drug-likeness (QED) is 0.751. The van der Waals surface area contributed by atoms with E-state index >= 15 is 0 Å². The van der Waals surface area contributed by atoms with Gasteiger partial charge in [-0.2, -0.15) is 0 Å². The summed E-state index contributed by atoms with van der Waals surface area (Å²) in [6.45, 7) is 1.95. The molecule has 3 aromatic heterocycles. The van der Waals surface area contributed by atoms with Crippen LogP contribution in [0.5, 0.6) is 0 Å². The van der Waals surface area contributed by atoms with E-state index in [1.807, 2.05) is 39.9 Å². The maximum absolute atomic E-state index is 12.4. The highest BCUT2D eigenvalue weighted by Gasteiger charge is 2.28. The monoisotopic (exact) mass is 374 g/mol. The number of nitrogens with one attached hydrogen (secondary N) is 1. The Balaban J connectivity index is 1.38. The van der Waals surface area contributed by atoms with Crippen LogP contribution in [-0.2, 0) is 6.54 Å². The van der Waals surface area contributed by atoms with Gasteiger partial charge in [-0.25, -0.2) is 4.79 Å². The van der Waals surface area contributed by atoms with Crippen LogP contribution in [0.3, 0.4) is 0 Å². The molecule has 1 N–H and O–H groups in total. The SMILES string of the molecule is O=C(NCc1cccs1)N1CCCC(c2nnc(-c3cccs3)o2)C1. The van der Waals surface area contributed by atoms with Crippen molar-refractivity contribution in [2.75, 3.05) is 13.1 Å². The van der Waals surface area contributed by atoms with Crippen LogP contribution in [0.2, 0.25) is 0 Å². The number of hydrogen-bond donors (Lipinski definition) is 1. The van der Waals surface area contributed by atoms with Crippen molar-refractivity contribution in [2.24, 2.45) is 0 Å². The molecule has 1 saturated heterocycles. The molecule has 1 unspecified atom stereocenters. The Labute approximate surface area is 153 Å². The molecule has 0 radical (unpaired) electrons. The first kappa shape index (κ1) is 16.3. The highest BCUT2D eigenvalue weighted by atomic mass is 32.1. The van der Waals surface area contributed by atoms with Crippen LogP contribution in [0.15, 0.2) is 39.4 Å². The van der Waals surface area contributed by atoms with E-state index in [1.54, 1.807) is 22.7 Å². The average Bonchev–Trinajstić information content (AvgIpc) is 3.41. The number of carbonyl (C=O) groups is 1. The summed E-state index contributed by atoms with van der Waals surface area (Å²) in [4.78, 5) is 16.4. The highest BCUT2D eigenvalue weighted by molar-refractivity contribution is 7.13. The number of carbonyl (C=O) groups excluding carboxylic acids is 1. The Morgan fingerprint density at radius 1 is 1.28 bits per heavy atom. The Morgan fingerprint density at radius 3 is 2.96 bits per heavy atom. The second kappa shape index (κ2) is 7.37. The van der Waals surface area contributed by atoms with Crippen molar-refractivity contribution in [3.05, 3.63) is 45.8 Å². The molecular formula is C17H18N4O2S2. The number of thiophene rings is 2. The summed E-state index contributed by atoms with van der Waals surface area (Å²) in [6.07, 6.45) is 1.90. The van der Waals surface area contributed by atoms with Crippen molar-refractivity contribution in [3.63, 3.8) is 0 Å². The third kappa shape index (κ3) is 3.74. The first-order valence-corrected chi connectivity index (χ1v) is 9.98. The summed E-state index contributed by atoms with van der Waals surface area (Å²) >= 11 is 3.22. The molecule has 0 aliphatic carbocycles. The van der Waals surface area contributed by atoms with E-state index in [0.29, 0.717) is 24.9 Å². The molecule has 1 atom stereocenters. The third-order valence-corrected chi connectivity index (χ3v) is 5.96. The minimum atomic E-state index is -0.0314. The highest BCUT2D eigenvalue weighted by Crippen LogP contribution is 2.30. The molecule has 1 aliphatic rings. The van der Waals surface area contributed by atoms with E-state index in [0.717, 1.165) is 29.1 Å². The van der Waals surface area contributed by atoms with Crippen molar-refractivity contribution in [1.82, 2.24) is 20.4 Å². The van der Waals surface area contributed by atoms with E-state index in [4.69, 9.17) is 4.42 Å². The third-order valence-electron chi connectivity index (χ3n) is 4.22. The maximum Gasteiger partial charge on any atom is 0.317 e. The number of aromatic nitrogens is 2. The van der Waals surface area contributed by atoms with Gasteiger partial charge in [0.2, 0.25) is 5.89 Å². The maximum atomic E-state index is 12.4. The summed E-state index contributed by atoms with van der Waals surface area (Å²) in [7, 11) is 0. The molecule has 130 valence electrons. The van der Waals surface area contributed by atoms with Crippen molar-refractivity contribution in [3.8, 4) is 10.8 Å². The number of hydrogen-bond acceptors (Lipinski definition) is 6.